The van der Waals surface area contributed by atoms with Gasteiger partial charge in [0.2, 0.25) is 0 Å². The lowest BCUT2D eigenvalue weighted by atomic mass is 10.0. The summed E-state index contributed by atoms with van der Waals surface area (Å²) in [6, 6.07) is 14.0. The van der Waals surface area contributed by atoms with E-state index in [4.69, 9.17) is 29.8 Å². The van der Waals surface area contributed by atoms with Crippen molar-refractivity contribution in [2.24, 2.45) is 5.73 Å². The fourth-order valence-electron chi connectivity index (χ4n) is 3.20. The van der Waals surface area contributed by atoms with Crippen LogP contribution in [0.1, 0.15) is 34.6 Å². The fraction of sp³-hybridized carbons (Fsp3) is 0.240. The Morgan fingerprint density at radius 3 is 2.44 bits per heavy atom. The molecule has 0 spiro atoms. The summed E-state index contributed by atoms with van der Waals surface area (Å²) in [5.74, 6) is -0.195. The van der Waals surface area contributed by atoms with Crippen molar-refractivity contribution < 1.29 is 28.2 Å². The number of hydrazine groups is 1. The van der Waals surface area contributed by atoms with E-state index in [1.54, 1.807) is 55.6 Å². The van der Waals surface area contributed by atoms with Crippen molar-refractivity contribution in [1.82, 2.24) is 10.9 Å². The summed E-state index contributed by atoms with van der Waals surface area (Å²) in [5.41, 5.74) is 12.0. The molecule has 11 nitrogen and oxygen atoms in total. The zero-order chi connectivity index (χ0) is 25.9. The van der Waals surface area contributed by atoms with Crippen molar-refractivity contribution in [1.29, 1.82) is 5.41 Å². The first-order valence-corrected chi connectivity index (χ1v) is 11.2. The maximum Gasteiger partial charge on any atom is 0.305 e. The van der Waals surface area contributed by atoms with Gasteiger partial charge in [0.05, 0.1) is 19.5 Å². The number of hydrogen-bond acceptors (Lipinski definition) is 8. The maximum atomic E-state index is 13.2. The molecule has 190 valence electrons. The van der Waals surface area contributed by atoms with Gasteiger partial charge >= 0.3 is 5.91 Å². The van der Waals surface area contributed by atoms with Gasteiger partial charge in [-0.2, -0.15) is 0 Å². The molecule has 1 heterocycles. The van der Waals surface area contributed by atoms with E-state index in [1.807, 2.05) is 6.92 Å². The maximum absolute atomic E-state index is 13.2. The average Bonchev–Trinajstić information content (AvgIpc) is 3.42. The summed E-state index contributed by atoms with van der Waals surface area (Å²) in [6.07, 6.45) is 1.36. The zero-order valence-electron chi connectivity index (χ0n) is 20.0. The molecular weight excluding hydrogens is 466 g/mol. The number of amides is 2. The van der Waals surface area contributed by atoms with Gasteiger partial charge in [0.15, 0.2) is 17.3 Å². The Labute approximate surface area is 208 Å². The largest absolute Gasteiger partial charge is 0.490 e. The summed E-state index contributed by atoms with van der Waals surface area (Å²) in [6.45, 7) is 2.97. The smallest absolute Gasteiger partial charge is 0.305 e. The fourth-order valence-corrected chi connectivity index (χ4v) is 3.20. The molecule has 0 bridgehead atoms. The Hall–Kier alpha value is -4.51. The molecule has 0 radical (unpaired) electrons. The molecule has 0 saturated heterocycles. The highest BCUT2D eigenvalue weighted by Crippen LogP contribution is 2.32. The number of furan rings is 1. The number of hydrogen-bond donors (Lipinski definition) is 5. The van der Waals surface area contributed by atoms with E-state index < -0.39 is 17.9 Å². The summed E-state index contributed by atoms with van der Waals surface area (Å²) >= 11 is 0. The molecule has 11 heteroatoms. The molecule has 1 aromatic heterocycles. The predicted molar refractivity (Wildman–Crippen MR) is 133 cm³/mol. The lowest BCUT2D eigenvalue weighted by Gasteiger charge is -2.22. The van der Waals surface area contributed by atoms with E-state index in [0.717, 1.165) is 0 Å². The number of ether oxygens (including phenoxy) is 3. The number of carbonyl (C=O) groups excluding carboxylic acids is 2. The van der Waals surface area contributed by atoms with E-state index >= 15 is 0 Å². The van der Waals surface area contributed by atoms with Gasteiger partial charge in [-0.3, -0.25) is 25.8 Å². The number of amidine groups is 1. The molecule has 0 fully saturated rings. The Kier molecular flexibility index (Phi) is 9.29. The first-order chi connectivity index (χ1) is 17.4. The Bertz CT molecular complexity index is 1160. The number of nitrogens with one attached hydrogen (secondary N) is 4. The minimum Gasteiger partial charge on any atom is -0.490 e. The van der Waals surface area contributed by atoms with Crippen LogP contribution in [0.2, 0.25) is 0 Å². The highest BCUT2D eigenvalue weighted by Gasteiger charge is 2.24. The molecule has 1 unspecified atom stereocenters. The SMILES string of the molecule is CCOc1cc(C(Nc2ccc(C(=N)N)cc2)C(=O)NNC(=O)c2ccco2)ccc1OCCOC. The first kappa shape index (κ1) is 26.1. The molecule has 0 aliphatic heterocycles. The number of benzene rings is 2. The number of carbonyl (C=O) groups is 2. The molecule has 0 aliphatic carbocycles. The second kappa shape index (κ2) is 12.8. The Morgan fingerprint density at radius 1 is 1.03 bits per heavy atom. The number of methoxy groups -OCH3 is 1. The predicted octanol–water partition coefficient (Wildman–Crippen LogP) is 2.60. The third kappa shape index (κ3) is 7.00. The van der Waals surface area contributed by atoms with Crippen molar-refractivity contribution in [3.8, 4) is 11.5 Å². The second-order valence-electron chi connectivity index (χ2n) is 7.47. The molecule has 0 aliphatic rings. The van der Waals surface area contributed by atoms with Crippen LogP contribution in [0.15, 0.2) is 65.3 Å². The monoisotopic (exact) mass is 495 g/mol. The van der Waals surface area contributed by atoms with Crippen LogP contribution >= 0.6 is 0 Å². The number of nitrogens with two attached hydrogens (primary N) is 1. The normalized spacial score (nSPS) is 11.3. The van der Waals surface area contributed by atoms with Crippen LogP contribution in [0.3, 0.4) is 0 Å². The highest BCUT2D eigenvalue weighted by atomic mass is 16.5. The van der Waals surface area contributed by atoms with Crippen LogP contribution in [-0.4, -0.2) is 44.6 Å². The second-order valence-corrected chi connectivity index (χ2v) is 7.47. The van der Waals surface area contributed by atoms with Gasteiger partial charge in [0, 0.05) is 18.4 Å². The average molecular weight is 496 g/mol. The van der Waals surface area contributed by atoms with Crippen LogP contribution in [0.4, 0.5) is 5.69 Å². The van der Waals surface area contributed by atoms with Crippen LogP contribution in [0.25, 0.3) is 0 Å². The summed E-state index contributed by atoms with van der Waals surface area (Å²) in [7, 11) is 1.58. The minimum atomic E-state index is -0.933. The third-order valence-electron chi connectivity index (χ3n) is 4.96. The van der Waals surface area contributed by atoms with E-state index in [2.05, 4.69) is 16.2 Å². The first-order valence-electron chi connectivity index (χ1n) is 11.2. The van der Waals surface area contributed by atoms with Crippen molar-refractivity contribution >= 4 is 23.3 Å². The van der Waals surface area contributed by atoms with E-state index in [0.29, 0.717) is 48.1 Å². The van der Waals surface area contributed by atoms with Crippen molar-refractivity contribution in [3.63, 3.8) is 0 Å². The summed E-state index contributed by atoms with van der Waals surface area (Å²) in [4.78, 5) is 25.4. The molecule has 1 atom stereocenters. The number of rotatable bonds is 12. The molecule has 2 amide bonds. The van der Waals surface area contributed by atoms with Gasteiger partial charge < -0.3 is 29.7 Å². The van der Waals surface area contributed by atoms with Gasteiger partial charge in [-0.1, -0.05) is 6.07 Å². The number of anilines is 1. The number of nitrogen functional groups attached to an aromatic ring is 1. The summed E-state index contributed by atoms with van der Waals surface area (Å²) < 4.78 is 21.5. The van der Waals surface area contributed by atoms with Crippen molar-refractivity contribution in [2.45, 2.75) is 13.0 Å². The van der Waals surface area contributed by atoms with Crippen molar-refractivity contribution in [3.05, 3.63) is 77.7 Å². The van der Waals surface area contributed by atoms with Crippen LogP contribution in [0.5, 0.6) is 11.5 Å². The van der Waals surface area contributed by atoms with E-state index in [-0.39, 0.29) is 11.6 Å². The molecule has 2 aromatic carbocycles. The van der Waals surface area contributed by atoms with Crippen LogP contribution in [-0.2, 0) is 9.53 Å². The van der Waals surface area contributed by atoms with Gasteiger partial charge in [0.1, 0.15) is 18.5 Å². The summed E-state index contributed by atoms with van der Waals surface area (Å²) in [5, 5.41) is 10.7. The topological polar surface area (TPSA) is 161 Å². The Morgan fingerprint density at radius 2 is 1.81 bits per heavy atom. The Balaban J connectivity index is 1.86. The van der Waals surface area contributed by atoms with Crippen LogP contribution in [0, 0.1) is 5.41 Å². The lowest BCUT2D eigenvalue weighted by molar-refractivity contribution is -0.122. The molecule has 0 saturated carbocycles. The molecule has 3 aromatic rings. The molecule has 3 rings (SSSR count). The third-order valence-corrected chi connectivity index (χ3v) is 4.96. The molecule has 36 heavy (non-hydrogen) atoms. The van der Waals surface area contributed by atoms with Gasteiger partial charge in [-0.05, 0) is 61.0 Å². The minimum absolute atomic E-state index is 0.0517. The quantitative estimate of drug-likeness (QED) is 0.111. The van der Waals surface area contributed by atoms with E-state index in [9.17, 15) is 9.59 Å². The van der Waals surface area contributed by atoms with Gasteiger partial charge in [-0.15, -0.1) is 0 Å². The highest BCUT2D eigenvalue weighted by molar-refractivity contribution is 5.96. The lowest BCUT2D eigenvalue weighted by Crippen LogP contribution is -2.45. The van der Waals surface area contributed by atoms with E-state index in [1.165, 1.54) is 12.3 Å². The van der Waals surface area contributed by atoms with Crippen LogP contribution < -0.4 is 31.4 Å². The molecular formula is C25H29N5O6. The standard InChI is InChI=1S/C25H29N5O6/c1-3-34-21-15-17(8-11-19(21)36-14-13-33-2)22(28-18-9-6-16(7-10-18)23(26)27)25(32)30-29-24(31)20-5-4-12-35-20/h4-12,15,22,28H,3,13-14H2,1-2H3,(H3,26,27)(H,29,31)(H,30,32). The van der Waals surface area contributed by atoms with Crippen molar-refractivity contribution in [2.75, 3.05) is 32.2 Å². The zero-order valence-corrected chi connectivity index (χ0v) is 20.0. The molecule has 6 N–H and O–H groups in total. The van der Waals surface area contributed by atoms with Gasteiger partial charge in [-0.25, -0.2) is 0 Å². The van der Waals surface area contributed by atoms with Gasteiger partial charge in [0.25, 0.3) is 5.91 Å².